The van der Waals surface area contributed by atoms with Gasteiger partial charge in [-0.3, -0.25) is 0 Å². The molecule has 0 amide bonds. The third-order valence-corrected chi connectivity index (χ3v) is 3.54. The Kier molecular flexibility index (Phi) is 4.56. The van der Waals surface area contributed by atoms with Crippen LogP contribution in [0, 0.1) is 0 Å². The molecule has 1 fully saturated rings. The van der Waals surface area contributed by atoms with Gasteiger partial charge in [-0.05, 0) is 55.8 Å². The van der Waals surface area contributed by atoms with Gasteiger partial charge in [-0.2, -0.15) is 0 Å². The molecule has 1 aliphatic rings. The molecule has 100 valence electrons. The van der Waals surface area contributed by atoms with Gasteiger partial charge >= 0.3 is 0 Å². The monoisotopic (exact) mass is 312 g/mol. The van der Waals surface area contributed by atoms with E-state index in [0.717, 1.165) is 35.8 Å². The Hall–Kier alpha value is -0.680. The lowest BCUT2D eigenvalue weighted by atomic mass is 10.3. The SMILES string of the molecule is CN(C)CCCN(C)c1cc(Br)nc(C2CC2)n1. The Balaban J connectivity index is 1.98. The number of halogens is 1. The first kappa shape index (κ1) is 13.7. The molecule has 0 unspecified atom stereocenters. The Morgan fingerprint density at radius 1 is 1.22 bits per heavy atom. The van der Waals surface area contributed by atoms with Crippen LogP contribution in [0.2, 0.25) is 0 Å². The van der Waals surface area contributed by atoms with Gasteiger partial charge in [0.25, 0.3) is 0 Å². The van der Waals surface area contributed by atoms with E-state index in [1.54, 1.807) is 0 Å². The number of hydrogen-bond donors (Lipinski definition) is 0. The second kappa shape index (κ2) is 5.97. The highest BCUT2D eigenvalue weighted by atomic mass is 79.9. The summed E-state index contributed by atoms with van der Waals surface area (Å²) >= 11 is 3.48. The normalized spacial score (nSPS) is 15.2. The molecular weight excluding hydrogens is 292 g/mol. The lowest BCUT2D eigenvalue weighted by molar-refractivity contribution is 0.401. The molecule has 4 nitrogen and oxygen atoms in total. The highest BCUT2D eigenvalue weighted by molar-refractivity contribution is 9.10. The van der Waals surface area contributed by atoms with Gasteiger partial charge in [0.1, 0.15) is 16.2 Å². The van der Waals surface area contributed by atoms with E-state index in [2.05, 4.69) is 56.8 Å². The lowest BCUT2D eigenvalue weighted by Gasteiger charge is -2.20. The first-order valence-corrected chi connectivity index (χ1v) is 7.26. The summed E-state index contributed by atoms with van der Waals surface area (Å²) in [5.74, 6) is 2.62. The van der Waals surface area contributed by atoms with Crippen molar-refractivity contribution in [1.29, 1.82) is 0 Å². The molecule has 18 heavy (non-hydrogen) atoms. The topological polar surface area (TPSA) is 32.3 Å². The molecule has 1 aromatic rings. The molecule has 0 N–H and O–H groups in total. The summed E-state index contributed by atoms with van der Waals surface area (Å²) in [6.45, 7) is 2.12. The fraction of sp³-hybridized carbons (Fsp3) is 0.692. The van der Waals surface area contributed by atoms with Gasteiger partial charge in [0.15, 0.2) is 0 Å². The number of hydrogen-bond acceptors (Lipinski definition) is 4. The van der Waals surface area contributed by atoms with Gasteiger partial charge in [0.05, 0.1) is 0 Å². The molecule has 1 heterocycles. The van der Waals surface area contributed by atoms with Gasteiger partial charge in [0.2, 0.25) is 0 Å². The summed E-state index contributed by atoms with van der Waals surface area (Å²) < 4.78 is 0.897. The maximum atomic E-state index is 4.66. The Labute approximate surface area is 118 Å². The standard InChI is InChI=1S/C13H21BrN4/c1-17(2)7-4-8-18(3)12-9-11(14)15-13(16-12)10-5-6-10/h9-10H,4-8H2,1-3H3. The van der Waals surface area contributed by atoms with Gasteiger partial charge in [0, 0.05) is 25.6 Å². The van der Waals surface area contributed by atoms with Gasteiger partial charge in [-0.25, -0.2) is 9.97 Å². The summed E-state index contributed by atoms with van der Waals surface area (Å²) in [4.78, 5) is 13.5. The van der Waals surface area contributed by atoms with E-state index < -0.39 is 0 Å². The highest BCUT2D eigenvalue weighted by Crippen LogP contribution is 2.39. The first-order chi connectivity index (χ1) is 8.56. The minimum atomic E-state index is 0.594. The van der Waals surface area contributed by atoms with Crippen molar-refractivity contribution in [3.63, 3.8) is 0 Å². The van der Waals surface area contributed by atoms with E-state index in [0.29, 0.717) is 5.92 Å². The maximum Gasteiger partial charge on any atom is 0.135 e. The van der Waals surface area contributed by atoms with Crippen molar-refractivity contribution < 1.29 is 0 Å². The third-order valence-electron chi connectivity index (χ3n) is 3.13. The van der Waals surface area contributed by atoms with E-state index >= 15 is 0 Å². The minimum Gasteiger partial charge on any atom is -0.359 e. The van der Waals surface area contributed by atoms with Crippen LogP contribution in [-0.2, 0) is 0 Å². The summed E-state index contributed by atoms with van der Waals surface area (Å²) in [5.41, 5.74) is 0. The number of nitrogens with zero attached hydrogens (tertiary/aromatic N) is 4. The summed E-state index contributed by atoms with van der Waals surface area (Å²) in [7, 11) is 6.31. The predicted molar refractivity (Wildman–Crippen MR) is 78.1 cm³/mol. The maximum absolute atomic E-state index is 4.66. The molecule has 0 aromatic carbocycles. The van der Waals surface area contributed by atoms with Crippen LogP contribution < -0.4 is 4.90 Å². The van der Waals surface area contributed by atoms with Gasteiger partial charge < -0.3 is 9.80 Å². The first-order valence-electron chi connectivity index (χ1n) is 6.46. The molecule has 1 aromatic heterocycles. The van der Waals surface area contributed by atoms with E-state index in [1.165, 1.54) is 12.8 Å². The van der Waals surface area contributed by atoms with E-state index in [-0.39, 0.29) is 0 Å². The van der Waals surface area contributed by atoms with Gasteiger partial charge in [-0.1, -0.05) is 0 Å². The van der Waals surface area contributed by atoms with E-state index in [4.69, 9.17) is 0 Å². The third kappa shape index (κ3) is 3.92. The molecule has 1 aliphatic carbocycles. The summed E-state index contributed by atoms with van der Waals surface area (Å²) in [5, 5.41) is 0. The molecule has 0 radical (unpaired) electrons. The Morgan fingerprint density at radius 3 is 2.56 bits per heavy atom. The van der Waals surface area contributed by atoms with Crippen molar-refractivity contribution >= 4 is 21.7 Å². The average Bonchev–Trinajstić information content (AvgIpc) is 3.11. The van der Waals surface area contributed by atoms with Crippen LogP contribution in [0.15, 0.2) is 10.7 Å². The van der Waals surface area contributed by atoms with Crippen LogP contribution in [0.4, 0.5) is 5.82 Å². The zero-order chi connectivity index (χ0) is 13.1. The number of aromatic nitrogens is 2. The predicted octanol–water partition coefficient (Wildman–Crippen LogP) is 2.50. The lowest BCUT2D eigenvalue weighted by Crippen LogP contribution is -2.24. The molecule has 1 saturated carbocycles. The Bertz CT molecular complexity index is 404. The van der Waals surface area contributed by atoms with E-state index in [9.17, 15) is 0 Å². The van der Waals surface area contributed by atoms with Crippen molar-refractivity contribution in [3.05, 3.63) is 16.5 Å². The number of anilines is 1. The van der Waals surface area contributed by atoms with Crippen molar-refractivity contribution in [2.24, 2.45) is 0 Å². The second-order valence-corrected chi connectivity index (χ2v) is 6.07. The zero-order valence-corrected chi connectivity index (χ0v) is 12.9. The Morgan fingerprint density at radius 2 is 1.94 bits per heavy atom. The zero-order valence-electron chi connectivity index (χ0n) is 11.4. The molecule has 2 rings (SSSR count). The number of rotatable bonds is 6. The van der Waals surface area contributed by atoms with Crippen LogP contribution in [-0.4, -0.2) is 49.1 Å². The van der Waals surface area contributed by atoms with Crippen LogP contribution in [0.3, 0.4) is 0 Å². The summed E-state index contributed by atoms with van der Waals surface area (Å²) in [6.07, 6.45) is 3.62. The van der Waals surface area contributed by atoms with Crippen molar-refractivity contribution in [2.75, 3.05) is 39.1 Å². The van der Waals surface area contributed by atoms with Gasteiger partial charge in [-0.15, -0.1) is 0 Å². The van der Waals surface area contributed by atoms with Crippen molar-refractivity contribution in [2.45, 2.75) is 25.2 Å². The van der Waals surface area contributed by atoms with Crippen LogP contribution in [0.5, 0.6) is 0 Å². The largest absolute Gasteiger partial charge is 0.359 e. The molecule has 0 atom stereocenters. The highest BCUT2D eigenvalue weighted by Gasteiger charge is 2.27. The second-order valence-electron chi connectivity index (χ2n) is 5.26. The van der Waals surface area contributed by atoms with Crippen molar-refractivity contribution in [1.82, 2.24) is 14.9 Å². The molecule has 0 aliphatic heterocycles. The molecule has 5 heteroatoms. The van der Waals surface area contributed by atoms with Crippen LogP contribution in [0.25, 0.3) is 0 Å². The summed E-state index contributed by atoms with van der Waals surface area (Å²) in [6, 6.07) is 2.00. The molecule has 0 saturated heterocycles. The molecule has 0 spiro atoms. The van der Waals surface area contributed by atoms with Crippen LogP contribution >= 0.6 is 15.9 Å². The molecular formula is C13H21BrN4. The van der Waals surface area contributed by atoms with E-state index in [1.807, 2.05) is 6.07 Å². The smallest absolute Gasteiger partial charge is 0.135 e. The fourth-order valence-corrected chi connectivity index (χ4v) is 2.27. The van der Waals surface area contributed by atoms with Crippen molar-refractivity contribution in [3.8, 4) is 0 Å². The average molecular weight is 313 g/mol. The fourth-order valence-electron chi connectivity index (χ4n) is 1.88. The quantitative estimate of drug-likeness (QED) is 0.756. The molecule has 0 bridgehead atoms. The van der Waals surface area contributed by atoms with Crippen LogP contribution in [0.1, 0.15) is 31.0 Å². The minimum absolute atomic E-state index is 0.594.